The molecule has 1 aromatic heterocycles. The minimum absolute atomic E-state index is 0.0254. The summed E-state index contributed by atoms with van der Waals surface area (Å²) in [6.45, 7) is 3.08. The number of hydrogen-bond donors (Lipinski definition) is 1. The predicted molar refractivity (Wildman–Crippen MR) is 118 cm³/mol. The number of ether oxygens (including phenoxy) is 1. The number of amides is 1. The Balaban J connectivity index is 1.75. The summed E-state index contributed by atoms with van der Waals surface area (Å²) in [6.07, 6.45) is 5.74. The molecule has 1 fully saturated rings. The van der Waals surface area contributed by atoms with Gasteiger partial charge in [0.05, 0.1) is 12.1 Å². The third-order valence-corrected chi connectivity index (χ3v) is 6.03. The number of carbonyl (C=O) groups is 1. The van der Waals surface area contributed by atoms with Gasteiger partial charge in [0.1, 0.15) is 11.4 Å². The quantitative estimate of drug-likeness (QED) is 0.557. The topological polar surface area (TPSA) is 43.3 Å². The fourth-order valence-corrected chi connectivity index (χ4v) is 4.40. The molecule has 152 valence electrons. The number of carbonyl (C=O) groups excluding carboxylic acids is 1. The van der Waals surface area contributed by atoms with Gasteiger partial charge < -0.3 is 14.6 Å². The summed E-state index contributed by atoms with van der Waals surface area (Å²) in [4.78, 5) is 13.2. The molecule has 4 nitrogen and oxygen atoms in total. The Morgan fingerprint density at radius 3 is 2.69 bits per heavy atom. The Hall–Kier alpha value is -2.46. The van der Waals surface area contributed by atoms with E-state index < -0.39 is 0 Å². The lowest BCUT2D eigenvalue weighted by molar-refractivity contribution is 0.0919. The van der Waals surface area contributed by atoms with Crippen molar-refractivity contribution in [3.63, 3.8) is 0 Å². The molecule has 4 rings (SSSR count). The molecule has 0 radical (unpaired) electrons. The van der Waals surface area contributed by atoms with Gasteiger partial charge in [0.25, 0.3) is 5.91 Å². The van der Waals surface area contributed by atoms with E-state index in [0.29, 0.717) is 23.9 Å². The van der Waals surface area contributed by atoms with Crippen molar-refractivity contribution in [2.24, 2.45) is 0 Å². The lowest BCUT2D eigenvalue weighted by Gasteiger charge is -2.23. The molecule has 0 saturated heterocycles. The summed E-state index contributed by atoms with van der Waals surface area (Å²) in [7, 11) is 0. The van der Waals surface area contributed by atoms with E-state index in [1.807, 2.05) is 55.5 Å². The third kappa shape index (κ3) is 4.27. The van der Waals surface area contributed by atoms with Gasteiger partial charge in [0.2, 0.25) is 0 Å². The van der Waals surface area contributed by atoms with Gasteiger partial charge in [-0.2, -0.15) is 0 Å². The van der Waals surface area contributed by atoms with E-state index in [9.17, 15) is 4.79 Å². The molecule has 1 N–H and O–H groups in total. The van der Waals surface area contributed by atoms with Crippen LogP contribution in [0.2, 0.25) is 5.02 Å². The van der Waals surface area contributed by atoms with E-state index in [1.165, 1.54) is 19.3 Å². The fourth-order valence-electron chi connectivity index (χ4n) is 4.20. The maximum Gasteiger partial charge on any atom is 0.268 e. The van der Waals surface area contributed by atoms with Gasteiger partial charge in [-0.3, -0.25) is 4.79 Å². The van der Waals surface area contributed by atoms with Crippen molar-refractivity contribution in [3.8, 4) is 5.75 Å². The van der Waals surface area contributed by atoms with Crippen LogP contribution in [0.25, 0.3) is 10.9 Å². The Morgan fingerprint density at radius 1 is 1.14 bits per heavy atom. The van der Waals surface area contributed by atoms with Crippen LogP contribution in [0, 0.1) is 0 Å². The molecular weight excluding hydrogens is 384 g/mol. The van der Waals surface area contributed by atoms with Gasteiger partial charge in [-0.15, -0.1) is 0 Å². The van der Waals surface area contributed by atoms with Crippen LogP contribution >= 0.6 is 11.6 Å². The number of nitrogens with one attached hydrogen (secondary N) is 1. The molecule has 1 aliphatic carbocycles. The normalized spacial score (nSPS) is 14.8. The highest BCUT2D eigenvalue weighted by Crippen LogP contribution is 2.31. The number of benzene rings is 2. The lowest BCUT2D eigenvalue weighted by atomic mass is 9.95. The van der Waals surface area contributed by atoms with E-state index in [4.69, 9.17) is 16.3 Å². The molecular formula is C24H27ClN2O2. The van der Waals surface area contributed by atoms with Gasteiger partial charge >= 0.3 is 0 Å². The summed E-state index contributed by atoms with van der Waals surface area (Å²) >= 11 is 6.42. The molecule has 5 heteroatoms. The number of nitrogens with zero attached hydrogens (tertiary/aromatic N) is 1. The zero-order valence-electron chi connectivity index (χ0n) is 16.8. The Kier molecular flexibility index (Phi) is 6.10. The minimum Gasteiger partial charge on any atom is -0.493 e. The Morgan fingerprint density at radius 2 is 1.93 bits per heavy atom. The van der Waals surface area contributed by atoms with Crippen molar-refractivity contribution in [1.29, 1.82) is 0 Å². The van der Waals surface area contributed by atoms with Crippen LogP contribution in [0.1, 0.15) is 55.1 Å². The standard InChI is InChI=1S/C24H27ClN2O2/c1-2-29-23-14-8-13-21-19(23)15-22(24(28)26-18-10-4-3-5-11-18)27(21)16-17-9-6-7-12-20(17)25/h6-9,12-15,18H,2-5,10-11,16H2,1H3,(H,26,28). The zero-order valence-corrected chi connectivity index (χ0v) is 17.5. The van der Waals surface area contributed by atoms with Crippen LogP contribution in [-0.4, -0.2) is 23.1 Å². The highest BCUT2D eigenvalue weighted by molar-refractivity contribution is 6.31. The average Bonchev–Trinajstić information content (AvgIpc) is 3.10. The monoisotopic (exact) mass is 410 g/mol. The summed E-state index contributed by atoms with van der Waals surface area (Å²) < 4.78 is 7.87. The van der Waals surface area contributed by atoms with Crippen LogP contribution in [0.4, 0.5) is 0 Å². The Bertz CT molecular complexity index is 1010. The molecule has 29 heavy (non-hydrogen) atoms. The molecule has 1 saturated carbocycles. The molecule has 1 amide bonds. The number of halogens is 1. The number of hydrogen-bond acceptors (Lipinski definition) is 2. The van der Waals surface area contributed by atoms with Crippen LogP contribution in [0.5, 0.6) is 5.75 Å². The van der Waals surface area contributed by atoms with Gasteiger partial charge in [-0.1, -0.05) is 55.1 Å². The summed E-state index contributed by atoms with van der Waals surface area (Å²) in [5.41, 5.74) is 2.61. The molecule has 0 spiro atoms. The fraction of sp³-hybridized carbons (Fsp3) is 0.375. The summed E-state index contributed by atoms with van der Waals surface area (Å²) in [6, 6.07) is 16.0. The minimum atomic E-state index is -0.0254. The number of fused-ring (bicyclic) bond motifs is 1. The maximum atomic E-state index is 13.2. The zero-order chi connectivity index (χ0) is 20.2. The molecule has 0 bridgehead atoms. The van der Waals surface area contributed by atoms with E-state index in [1.54, 1.807) is 0 Å². The largest absolute Gasteiger partial charge is 0.493 e. The molecule has 0 atom stereocenters. The third-order valence-electron chi connectivity index (χ3n) is 5.66. The van der Waals surface area contributed by atoms with Crippen LogP contribution < -0.4 is 10.1 Å². The first-order valence-electron chi connectivity index (χ1n) is 10.5. The summed E-state index contributed by atoms with van der Waals surface area (Å²) in [5, 5.41) is 4.91. The predicted octanol–water partition coefficient (Wildman–Crippen LogP) is 5.80. The highest BCUT2D eigenvalue weighted by Gasteiger charge is 2.22. The SMILES string of the molecule is CCOc1cccc2c1cc(C(=O)NC1CCCCC1)n2Cc1ccccc1Cl. The molecule has 0 aliphatic heterocycles. The van der Waals surface area contributed by atoms with Gasteiger partial charge in [0, 0.05) is 23.0 Å². The van der Waals surface area contributed by atoms with Crippen molar-refractivity contribution in [2.75, 3.05) is 6.61 Å². The first kappa shape index (κ1) is 19.8. The summed E-state index contributed by atoms with van der Waals surface area (Å²) in [5.74, 6) is 0.775. The van der Waals surface area contributed by atoms with Crippen LogP contribution in [0.15, 0.2) is 48.5 Å². The van der Waals surface area contributed by atoms with Crippen molar-refractivity contribution >= 4 is 28.4 Å². The average molecular weight is 411 g/mol. The van der Waals surface area contributed by atoms with Crippen molar-refractivity contribution in [3.05, 3.63) is 64.8 Å². The molecule has 1 heterocycles. The second-order valence-electron chi connectivity index (χ2n) is 7.64. The van der Waals surface area contributed by atoms with Crippen molar-refractivity contribution in [1.82, 2.24) is 9.88 Å². The lowest BCUT2D eigenvalue weighted by Crippen LogP contribution is -2.37. The van der Waals surface area contributed by atoms with Crippen molar-refractivity contribution < 1.29 is 9.53 Å². The second kappa shape index (κ2) is 8.91. The van der Waals surface area contributed by atoms with Crippen LogP contribution in [0.3, 0.4) is 0 Å². The highest BCUT2D eigenvalue weighted by atomic mass is 35.5. The molecule has 2 aromatic carbocycles. The van der Waals surface area contributed by atoms with Gasteiger partial charge in [-0.05, 0) is 49.6 Å². The molecule has 3 aromatic rings. The van der Waals surface area contributed by atoms with Crippen molar-refractivity contribution in [2.45, 2.75) is 51.6 Å². The maximum absolute atomic E-state index is 13.2. The van der Waals surface area contributed by atoms with E-state index >= 15 is 0 Å². The van der Waals surface area contributed by atoms with E-state index in [2.05, 4.69) is 9.88 Å². The number of aromatic nitrogens is 1. The smallest absolute Gasteiger partial charge is 0.268 e. The molecule has 0 unspecified atom stereocenters. The Labute approximate surface area is 176 Å². The first-order valence-corrected chi connectivity index (χ1v) is 10.8. The second-order valence-corrected chi connectivity index (χ2v) is 8.04. The number of rotatable bonds is 6. The van der Waals surface area contributed by atoms with Gasteiger partial charge in [0.15, 0.2) is 0 Å². The van der Waals surface area contributed by atoms with E-state index in [0.717, 1.165) is 35.1 Å². The van der Waals surface area contributed by atoms with Crippen LogP contribution in [-0.2, 0) is 6.54 Å². The van der Waals surface area contributed by atoms with Gasteiger partial charge in [-0.25, -0.2) is 0 Å². The molecule has 1 aliphatic rings. The first-order chi connectivity index (χ1) is 14.2. The van der Waals surface area contributed by atoms with E-state index in [-0.39, 0.29) is 11.9 Å².